The van der Waals surface area contributed by atoms with Gasteiger partial charge < -0.3 is 9.84 Å². The number of carbonyl (C=O) groups is 1. The van der Waals surface area contributed by atoms with Crippen molar-refractivity contribution in [1.82, 2.24) is 14.8 Å². The van der Waals surface area contributed by atoms with E-state index in [1.165, 1.54) is 10.6 Å². The molecule has 134 valence electrons. The summed E-state index contributed by atoms with van der Waals surface area (Å²) in [6.07, 6.45) is 0. The van der Waals surface area contributed by atoms with E-state index >= 15 is 0 Å². The largest absolute Gasteiger partial charge is 0.485 e. The number of aromatic amines is 1. The molecule has 0 fully saturated rings. The molecule has 0 amide bonds. The van der Waals surface area contributed by atoms with Gasteiger partial charge in [0.2, 0.25) is 0 Å². The second kappa shape index (κ2) is 7.05. The summed E-state index contributed by atoms with van der Waals surface area (Å²) in [5.41, 5.74) is 1.97. The maximum absolute atomic E-state index is 11.5. The number of ether oxygens (including phenoxy) is 1. The van der Waals surface area contributed by atoms with Crippen LogP contribution in [-0.4, -0.2) is 25.8 Å². The minimum absolute atomic E-state index is 0.0714. The first-order valence-electron chi connectivity index (χ1n) is 7.73. The highest BCUT2D eigenvalue weighted by atomic mass is 35.5. The normalized spacial score (nSPS) is 10.7. The second-order valence-electron chi connectivity index (χ2n) is 5.78. The molecule has 0 bridgehead atoms. The van der Waals surface area contributed by atoms with Gasteiger partial charge in [-0.2, -0.15) is 5.10 Å². The smallest absolute Gasteiger partial charge is 0.343 e. The molecule has 26 heavy (non-hydrogen) atoms. The first kappa shape index (κ1) is 17.8. The van der Waals surface area contributed by atoms with Gasteiger partial charge in [0.25, 0.3) is 0 Å². The van der Waals surface area contributed by atoms with Crippen molar-refractivity contribution >= 4 is 17.6 Å². The second-order valence-corrected chi connectivity index (χ2v) is 6.18. The molecule has 1 aromatic heterocycles. The zero-order valence-electron chi connectivity index (χ0n) is 14.1. The molecule has 3 aromatic rings. The van der Waals surface area contributed by atoms with Gasteiger partial charge in [0.15, 0.2) is 5.82 Å². The van der Waals surface area contributed by atoms with Gasteiger partial charge in [0, 0.05) is 17.6 Å². The van der Waals surface area contributed by atoms with E-state index in [9.17, 15) is 14.7 Å². The number of aromatic carboxylic acids is 1. The van der Waals surface area contributed by atoms with Gasteiger partial charge in [0.1, 0.15) is 12.4 Å². The van der Waals surface area contributed by atoms with Crippen LogP contribution in [0.25, 0.3) is 11.1 Å². The van der Waals surface area contributed by atoms with Crippen LogP contribution in [0.4, 0.5) is 0 Å². The number of hydrogen-bond donors (Lipinski definition) is 2. The molecule has 0 saturated heterocycles. The maximum atomic E-state index is 11.5. The lowest BCUT2D eigenvalue weighted by atomic mass is 10.0. The lowest BCUT2D eigenvalue weighted by Gasteiger charge is -2.14. The molecule has 0 saturated carbocycles. The van der Waals surface area contributed by atoms with Gasteiger partial charge in [-0.3, -0.25) is 4.57 Å². The number of nitrogens with zero attached hydrogens (tertiary/aromatic N) is 2. The number of rotatable bonds is 5. The summed E-state index contributed by atoms with van der Waals surface area (Å²) in [4.78, 5) is 22.7. The molecule has 7 nitrogen and oxygen atoms in total. The molecule has 0 aliphatic heterocycles. The Bertz CT molecular complexity index is 1040. The third-order valence-corrected chi connectivity index (χ3v) is 4.42. The van der Waals surface area contributed by atoms with Gasteiger partial charge in [0.05, 0.1) is 5.56 Å². The molecule has 2 N–H and O–H groups in total. The van der Waals surface area contributed by atoms with Gasteiger partial charge in [-0.25, -0.2) is 14.7 Å². The van der Waals surface area contributed by atoms with E-state index in [2.05, 4.69) is 10.2 Å². The van der Waals surface area contributed by atoms with Crippen LogP contribution in [0.15, 0.2) is 41.2 Å². The Labute approximate surface area is 153 Å². The number of benzene rings is 2. The molecule has 0 aliphatic rings. The number of hydrogen-bond acceptors (Lipinski definition) is 4. The van der Waals surface area contributed by atoms with Gasteiger partial charge in [-0.15, -0.1) is 0 Å². The first-order chi connectivity index (χ1) is 12.4. The molecule has 2 aromatic carbocycles. The summed E-state index contributed by atoms with van der Waals surface area (Å²) in [6, 6.07) is 10.0. The summed E-state index contributed by atoms with van der Waals surface area (Å²) >= 11 is 6.25. The van der Waals surface area contributed by atoms with Crippen molar-refractivity contribution < 1.29 is 14.6 Å². The first-order valence-corrected chi connectivity index (χ1v) is 8.11. The molecular formula is C18H16ClN3O4. The van der Waals surface area contributed by atoms with Crippen LogP contribution in [0.3, 0.4) is 0 Å². The zero-order chi connectivity index (χ0) is 18.8. The highest BCUT2D eigenvalue weighted by molar-refractivity contribution is 6.31. The molecule has 8 heteroatoms. The highest BCUT2D eigenvalue weighted by Crippen LogP contribution is 2.35. The van der Waals surface area contributed by atoms with Crippen LogP contribution in [0.1, 0.15) is 21.7 Å². The van der Waals surface area contributed by atoms with Crippen molar-refractivity contribution in [3.8, 4) is 16.9 Å². The number of halogens is 1. The number of carboxylic acids is 1. The number of H-pyrrole nitrogens is 1. The average Bonchev–Trinajstić information content (AvgIpc) is 2.94. The molecule has 1 heterocycles. The van der Waals surface area contributed by atoms with Crippen molar-refractivity contribution in [2.75, 3.05) is 0 Å². The fraction of sp³-hybridized carbons (Fsp3) is 0.167. The number of aromatic nitrogens is 3. The standard InChI is InChI=1S/C18H16ClN3O4/c1-10-6-15(26-9-16-20-21-18(25)22(16)2)13(8-14(10)19)11-4-3-5-12(7-11)17(23)24/h3-8H,9H2,1-2H3,(H,21,25)(H,23,24). The zero-order valence-corrected chi connectivity index (χ0v) is 14.9. The third-order valence-electron chi connectivity index (χ3n) is 4.01. The lowest BCUT2D eigenvalue weighted by molar-refractivity contribution is 0.0697. The van der Waals surface area contributed by atoms with E-state index in [0.717, 1.165) is 5.56 Å². The molecule has 0 unspecified atom stereocenters. The quantitative estimate of drug-likeness (QED) is 0.716. The van der Waals surface area contributed by atoms with E-state index in [1.807, 2.05) is 6.92 Å². The average molecular weight is 374 g/mol. The molecule has 3 rings (SSSR count). The monoisotopic (exact) mass is 373 g/mol. The Morgan fingerprint density at radius 3 is 2.77 bits per heavy atom. The predicted molar refractivity (Wildman–Crippen MR) is 96.7 cm³/mol. The van der Waals surface area contributed by atoms with E-state index < -0.39 is 5.97 Å². The lowest BCUT2D eigenvalue weighted by Crippen LogP contribution is -2.15. The fourth-order valence-electron chi connectivity index (χ4n) is 2.47. The van der Waals surface area contributed by atoms with Crippen LogP contribution < -0.4 is 10.4 Å². The minimum atomic E-state index is -1.01. The molecule has 0 atom stereocenters. The SMILES string of the molecule is Cc1cc(OCc2n[nH]c(=O)n2C)c(-c2cccc(C(=O)O)c2)cc1Cl. The summed E-state index contributed by atoms with van der Waals surface area (Å²) in [5, 5.41) is 16.0. The Balaban J connectivity index is 2.01. The van der Waals surface area contributed by atoms with Crippen LogP contribution in [0.2, 0.25) is 5.02 Å². The number of aryl methyl sites for hydroxylation is 1. The molecular weight excluding hydrogens is 358 g/mol. The number of carboxylic acid groups (broad SMARTS) is 1. The topological polar surface area (TPSA) is 97.2 Å². The molecule has 0 spiro atoms. The third kappa shape index (κ3) is 3.48. The molecule has 0 aliphatic carbocycles. The Morgan fingerprint density at radius 1 is 1.35 bits per heavy atom. The summed E-state index contributed by atoms with van der Waals surface area (Å²) in [6.45, 7) is 1.92. The summed E-state index contributed by atoms with van der Waals surface area (Å²) in [7, 11) is 1.59. The Morgan fingerprint density at radius 2 is 2.12 bits per heavy atom. The van der Waals surface area contributed by atoms with Crippen molar-refractivity contribution in [2.24, 2.45) is 7.05 Å². The van der Waals surface area contributed by atoms with Crippen molar-refractivity contribution in [1.29, 1.82) is 0 Å². The van der Waals surface area contributed by atoms with E-state index in [0.29, 0.717) is 27.7 Å². The van der Waals surface area contributed by atoms with Crippen LogP contribution in [0.5, 0.6) is 5.75 Å². The minimum Gasteiger partial charge on any atom is -0.485 e. The van der Waals surface area contributed by atoms with Gasteiger partial charge in [-0.05, 0) is 42.3 Å². The Hall–Kier alpha value is -3.06. The van der Waals surface area contributed by atoms with Crippen LogP contribution >= 0.6 is 11.6 Å². The van der Waals surface area contributed by atoms with Crippen LogP contribution in [-0.2, 0) is 13.7 Å². The maximum Gasteiger partial charge on any atom is 0.343 e. The summed E-state index contributed by atoms with van der Waals surface area (Å²) < 4.78 is 7.21. The van der Waals surface area contributed by atoms with Gasteiger partial charge in [-0.1, -0.05) is 23.7 Å². The number of nitrogens with one attached hydrogen (secondary N) is 1. The van der Waals surface area contributed by atoms with Gasteiger partial charge >= 0.3 is 11.7 Å². The van der Waals surface area contributed by atoms with Crippen molar-refractivity contribution in [2.45, 2.75) is 13.5 Å². The fourth-order valence-corrected chi connectivity index (χ4v) is 2.63. The van der Waals surface area contributed by atoms with Crippen LogP contribution in [0, 0.1) is 6.92 Å². The predicted octanol–water partition coefficient (Wildman–Crippen LogP) is 3.01. The van der Waals surface area contributed by atoms with E-state index in [1.54, 1.807) is 37.4 Å². The van der Waals surface area contributed by atoms with Crippen molar-refractivity contribution in [3.05, 3.63) is 68.9 Å². The summed E-state index contributed by atoms with van der Waals surface area (Å²) in [5.74, 6) is -0.0585. The Kier molecular flexibility index (Phi) is 4.81. The molecule has 0 radical (unpaired) electrons. The highest BCUT2D eigenvalue weighted by Gasteiger charge is 2.14. The van der Waals surface area contributed by atoms with E-state index in [4.69, 9.17) is 16.3 Å². The van der Waals surface area contributed by atoms with E-state index in [-0.39, 0.29) is 17.9 Å². The van der Waals surface area contributed by atoms with Crippen molar-refractivity contribution in [3.63, 3.8) is 0 Å².